The van der Waals surface area contributed by atoms with Gasteiger partial charge in [-0.25, -0.2) is 4.98 Å². The Bertz CT molecular complexity index is 1060. The predicted molar refractivity (Wildman–Crippen MR) is 129 cm³/mol. The van der Waals surface area contributed by atoms with E-state index in [1.165, 1.54) is 11.3 Å². The number of rotatable bonds is 10. The summed E-state index contributed by atoms with van der Waals surface area (Å²) in [5.41, 5.74) is 2.89. The number of para-hydroxylation sites is 1. The molecule has 0 saturated carbocycles. The van der Waals surface area contributed by atoms with Gasteiger partial charge in [-0.15, -0.1) is 11.3 Å². The molecular weight excluding hydrogens is 448 g/mol. The lowest BCUT2D eigenvalue weighted by atomic mass is 10.2. The molecule has 2 aromatic carbocycles. The standard InChI is InChI=1S/C23H25ClN4O3S/c1-16-8-9-17(24)14-19(16)26-23-27-20(15-32-23)22(30)28(12-13-31-2)11-10-21(29)25-18-6-4-3-5-7-18/h3-9,14-15H,10-13H2,1-2H3,(H,25,29)(H,26,27). The Morgan fingerprint density at radius 2 is 1.94 bits per heavy atom. The van der Waals surface area contributed by atoms with Gasteiger partial charge in [-0.05, 0) is 36.8 Å². The lowest BCUT2D eigenvalue weighted by Crippen LogP contribution is -2.36. The number of aryl methyl sites for hydroxylation is 1. The van der Waals surface area contributed by atoms with Crippen LogP contribution in [0.2, 0.25) is 5.02 Å². The summed E-state index contributed by atoms with van der Waals surface area (Å²) in [6.45, 7) is 2.95. The van der Waals surface area contributed by atoms with Crippen LogP contribution in [0.25, 0.3) is 0 Å². The molecule has 1 aromatic heterocycles. The zero-order chi connectivity index (χ0) is 22.9. The number of nitrogens with one attached hydrogen (secondary N) is 2. The van der Waals surface area contributed by atoms with Crippen LogP contribution in [0.5, 0.6) is 0 Å². The first kappa shape index (κ1) is 23.7. The molecule has 2 amide bonds. The number of aromatic nitrogens is 1. The van der Waals surface area contributed by atoms with Crippen LogP contribution in [-0.4, -0.2) is 48.5 Å². The fourth-order valence-corrected chi connectivity index (χ4v) is 3.80. The minimum absolute atomic E-state index is 0.163. The van der Waals surface area contributed by atoms with Crippen LogP contribution >= 0.6 is 22.9 Å². The number of methoxy groups -OCH3 is 1. The van der Waals surface area contributed by atoms with Crippen molar-refractivity contribution in [3.05, 3.63) is 70.2 Å². The van der Waals surface area contributed by atoms with Crippen molar-refractivity contribution >= 4 is 51.3 Å². The maximum atomic E-state index is 13.0. The van der Waals surface area contributed by atoms with Gasteiger partial charge in [0, 0.05) is 48.4 Å². The Labute approximate surface area is 196 Å². The largest absolute Gasteiger partial charge is 0.383 e. The van der Waals surface area contributed by atoms with Gasteiger partial charge in [0.25, 0.3) is 5.91 Å². The first-order valence-corrected chi connectivity index (χ1v) is 11.3. The lowest BCUT2D eigenvalue weighted by molar-refractivity contribution is -0.116. The Hall–Kier alpha value is -2.94. The minimum atomic E-state index is -0.248. The highest BCUT2D eigenvalue weighted by Crippen LogP contribution is 2.26. The summed E-state index contributed by atoms with van der Waals surface area (Å²) in [5.74, 6) is -0.412. The third-order valence-electron chi connectivity index (χ3n) is 4.68. The van der Waals surface area contributed by atoms with E-state index in [0.29, 0.717) is 29.0 Å². The van der Waals surface area contributed by atoms with E-state index in [2.05, 4.69) is 15.6 Å². The monoisotopic (exact) mass is 472 g/mol. The average molecular weight is 473 g/mol. The molecule has 7 nitrogen and oxygen atoms in total. The molecule has 0 aliphatic heterocycles. The molecule has 9 heteroatoms. The number of thiazole rings is 1. The fourth-order valence-electron chi connectivity index (χ4n) is 2.93. The Balaban J connectivity index is 1.63. The van der Waals surface area contributed by atoms with Crippen molar-refractivity contribution in [1.82, 2.24) is 9.88 Å². The molecule has 0 aliphatic carbocycles. The van der Waals surface area contributed by atoms with Gasteiger partial charge < -0.3 is 20.3 Å². The highest BCUT2D eigenvalue weighted by Gasteiger charge is 2.20. The third-order valence-corrected chi connectivity index (χ3v) is 5.68. The number of carbonyl (C=O) groups excluding carboxylic acids is 2. The van der Waals surface area contributed by atoms with Crippen LogP contribution in [0.4, 0.5) is 16.5 Å². The summed E-state index contributed by atoms with van der Waals surface area (Å²) in [7, 11) is 1.57. The van der Waals surface area contributed by atoms with E-state index in [4.69, 9.17) is 16.3 Å². The van der Waals surface area contributed by atoms with E-state index >= 15 is 0 Å². The van der Waals surface area contributed by atoms with Crippen LogP contribution in [0.1, 0.15) is 22.5 Å². The van der Waals surface area contributed by atoms with Crippen LogP contribution < -0.4 is 10.6 Å². The van der Waals surface area contributed by atoms with Gasteiger partial charge >= 0.3 is 0 Å². The summed E-state index contributed by atoms with van der Waals surface area (Å²) >= 11 is 7.41. The first-order valence-electron chi connectivity index (χ1n) is 10.1. The molecule has 2 N–H and O–H groups in total. The number of ether oxygens (including phenoxy) is 1. The smallest absolute Gasteiger partial charge is 0.273 e. The average Bonchev–Trinajstić information content (AvgIpc) is 3.25. The second-order valence-electron chi connectivity index (χ2n) is 7.07. The van der Waals surface area contributed by atoms with E-state index in [1.807, 2.05) is 55.5 Å². The first-order chi connectivity index (χ1) is 15.5. The van der Waals surface area contributed by atoms with Gasteiger partial charge in [-0.3, -0.25) is 9.59 Å². The van der Waals surface area contributed by atoms with E-state index in [1.54, 1.807) is 17.4 Å². The van der Waals surface area contributed by atoms with Crippen LogP contribution in [-0.2, 0) is 9.53 Å². The summed E-state index contributed by atoms with van der Waals surface area (Å²) in [5, 5.41) is 8.95. The highest BCUT2D eigenvalue weighted by atomic mass is 35.5. The van der Waals surface area contributed by atoms with Crippen molar-refractivity contribution in [3.8, 4) is 0 Å². The number of nitrogens with zero attached hydrogens (tertiary/aromatic N) is 2. The molecule has 1 heterocycles. The van der Waals surface area contributed by atoms with Gasteiger partial charge in [-0.2, -0.15) is 0 Å². The Kier molecular flexibility index (Phi) is 8.61. The zero-order valence-corrected chi connectivity index (χ0v) is 19.5. The highest BCUT2D eigenvalue weighted by molar-refractivity contribution is 7.14. The fraction of sp³-hybridized carbons (Fsp3) is 0.261. The van der Waals surface area contributed by atoms with Crippen molar-refractivity contribution in [2.75, 3.05) is 37.4 Å². The van der Waals surface area contributed by atoms with Crippen molar-refractivity contribution < 1.29 is 14.3 Å². The summed E-state index contributed by atoms with van der Waals surface area (Å²) in [6, 6.07) is 14.8. The van der Waals surface area contributed by atoms with Gasteiger partial charge in [0.1, 0.15) is 5.69 Å². The van der Waals surface area contributed by atoms with Crippen molar-refractivity contribution in [3.63, 3.8) is 0 Å². The SMILES string of the molecule is COCCN(CCC(=O)Nc1ccccc1)C(=O)c1csc(Nc2cc(Cl)ccc2C)n1. The lowest BCUT2D eigenvalue weighted by Gasteiger charge is -2.21. The molecule has 0 atom stereocenters. The molecule has 0 bridgehead atoms. The van der Waals surface area contributed by atoms with Crippen molar-refractivity contribution in [2.24, 2.45) is 0 Å². The topological polar surface area (TPSA) is 83.6 Å². The number of amides is 2. The summed E-state index contributed by atoms with van der Waals surface area (Å²) < 4.78 is 5.13. The summed E-state index contributed by atoms with van der Waals surface area (Å²) in [6.07, 6.45) is 0.168. The molecular formula is C23H25ClN4O3S. The number of carbonyl (C=O) groups is 2. The van der Waals surface area contributed by atoms with Crippen molar-refractivity contribution in [2.45, 2.75) is 13.3 Å². The predicted octanol–water partition coefficient (Wildman–Crippen LogP) is 4.97. The number of benzene rings is 2. The molecule has 0 saturated heterocycles. The molecule has 0 aliphatic rings. The Morgan fingerprint density at radius 3 is 2.69 bits per heavy atom. The van der Waals surface area contributed by atoms with Crippen LogP contribution in [0.3, 0.4) is 0 Å². The maximum Gasteiger partial charge on any atom is 0.273 e. The molecule has 0 fully saturated rings. The van der Waals surface area contributed by atoms with Crippen molar-refractivity contribution in [1.29, 1.82) is 0 Å². The van der Waals surface area contributed by atoms with Gasteiger partial charge in [0.15, 0.2) is 5.13 Å². The zero-order valence-electron chi connectivity index (χ0n) is 17.9. The van der Waals surface area contributed by atoms with Gasteiger partial charge in [-0.1, -0.05) is 35.9 Å². The normalized spacial score (nSPS) is 10.6. The van der Waals surface area contributed by atoms with Crippen LogP contribution in [0.15, 0.2) is 53.9 Å². The molecule has 0 radical (unpaired) electrons. The molecule has 0 unspecified atom stereocenters. The second-order valence-corrected chi connectivity index (χ2v) is 8.37. The number of halogens is 1. The second kappa shape index (κ2) is 11.6. The number of anilines is 3. The quantitative estimate of drug-likeness (QED) is 0.435. The minimum Gasteiger partial charge on any atom is -0.383 e. The van der Waals surface area contributed by atoms with Gasteiger partial charge in [0.05, 0.1) is 6.61 Å². The Morgan fingerprint density at radius 1 is 1.16 bits per heavy atom. The molecule has 32 heavy (non-hydrogen) atoms. The van der Waals surface area contributed by atoms with E-state index < -0.39 is 0 Å². The summed E-state index contributed by atoms with van der Waals surface area (Å²) in [4.78, 5) is 31.4. The number of hydrogen-bond acceptors (Lipinski definition) is 6. The van der Waals surface area contributed by atoms with Crippen LogP contribution in [0, 0.1) is 6.92 Å². The molecule has 168 valence electrons. The van der Waals surface area contributed by atoms with E-state index in [0.717, 1.165) is 16.9 Å². The van der Waals surface area contributed by atoms with E-state index in [9.17, 15) is 9.59 Å². The molecule has 0 spiro atoms. The van der Waals surface area contributed by atoms with E-state index in [-0.39, 0.29) is 24.8 Å². The number of hydrogen-bond donors (Lipinski definition) is 2. The molecule has 3 aromatic rings. The van der Waals surface area contributed by atoms with Gasteiger partial charge in [0.2, 0.25) is 5.91 Å². The third kappa shape index (κ3) is 6.78. The maximum absolute atomic E-state index is 13.0. The molecule has 3 rings (SSSR count).